The molecule has 0 aliphatic carbocycles. The summed E-state index contributed by atoms with van der Waals surface area (Å²) in [4.78, 5) is 0.893. The highest BCUT2D eigenvalue weighted by Gasteiger charge is 2.16. The summed E-state index contributed by atoms with van der Waals surface area (Å²) in [5, 5.41) is 5.13. The van der Waals surface area contributed by atoms with Crippen LogP contribution in [-0.2, 0) is 23.1 Å². The maximum absolute atomic E-state index is 12.2. The van der Waals surface area contributed by atoms with Crippen LogP contribution in [0.5, 0.6) is 0 Å². The molecule has 0 aromatic carbocycles. The standard InChI is InChI=1S/C13H17ClN2O2S3/c1-2-5-15-7-10-6-13(19-9-10)21(17,18)16-8-11-3-4-12(14)20-11/h3-4,6,9,15-16H,2,5,7-8H2,1H3. The highest BCUT2D eigenvalue weighted by atomic mass is 35.5. The van der Waals surface area contributed by atoms with Crippen molar-refractivity contribution in [1.82, 2.24) is 10.0 Å². The smallest absolute Gasteiger partial charge is 0.250 e. The van der Waals surface area contributed by atoms with Gasteiger partial charge in [0.2, 0.25) is 10.0 Å². The number of nitrogens with one attached hydrogen (secondary N) is 2. The average molecular weight is 365 g/mol. The van der Waals surface area contributed by atoms with Gasteiger partial charge in [0, 0.05) is 18.0 Å². The minimum atomic E-state index is -3.45. The van der Waals surface area contributed by atoms with Crippen LogP contribution < -0.4 is 10.0 Å². The van der Waals surface area contributed by atoms with Gasteiger partial charge in [-0.15, -0.1) is 22.7 Å². The lowest BCUT2D eigenvalue weighted by molar-refractivity contribution is 0.584. The van der Waals surface area contributed by atoms with Gasteiger partial charge >= 0.3 is 0 Å². The van der Waals surface area contributed by atoms with Gasteiger partial charge in [-0.3, -0.25) is 0 Å². The van der Waals surface area contributed by atoms with E-state index in [0.29, 0.717) is 15.1 Å². The summed E-state index contributed by atoms with van der Waals surface area (Å²) < 4.78 is 28.0. The quantitative estimate of drug-likeness (QED) is 0.705. The molecule has 0 saturated heterocycles. The summed E-state index contributed by atoms with van der Waals surface area (Å²) in [6, 6.07) is 5.31. The van der Waals surface area contributed by atoms with Crippen LogP contribution in [0.2, 0.25) is 4.34 Å². The number of hydrogen-bond acceptors (Lipinski definition) is 5. The van der Waals surface area contributed by atoms with Gasteiger partial charge in [-0.2, -0.15) is 0 Å². The largest absolute Gasteiger partial charge is 0.313 e. The lowest BCUT2D eigenvalue weighted by Gasteiger charge is -2.03. The molecule has 0 aliphatic heterocycles. The first-order valence-corrected chi connectivity index (χ1v) is 10.1. The Morgan fingerprint density at radius 2 is 2.10 bits per heavy atom. The summed E-state index contributed by atoms with van der Waals surface area (Å²) in [5.74, 6) is 0. The van der Waals surface area contributed by atoms with Crippen LogP contribution in [-0.4, -0.2) is 15.0 Å². The lowest BCUT2D eigenvalue weighted by Crippen LogP contribution is -2.22. The molecule has 0 amide bonds. The molecule has 116 valence electrons. The van der Waals surface area contributed by atoms with E-state index in [2.05, 4.69) is 17.0 Å². The van der Waals surface area contributed by atoms with E-state index in [0.717, 1.165) is 23.4 Å². The van der Waals surface area contributed by atoms with Crippen molar-refractivity contribution >= 4 is 44.3 Å². The fourth-order valence-corrected chi connectivity index (χ4v) is 5.06. The summed E-state index contributed by atoms with van der Waals surface area (Å²) in [7, 11) is -3.45. The van der Waals surface area contributed by atoms with Gasteiger partial charge in [-0.1, -0.05) is 18.5 Å². The SMILES string of the molecule is CCCNCc1csc(S(=O)(=O)NCc2ccc(Cl)s2)c1. The molecule has 0 atom stereocenters. The molecule has 4 nitrogen and oxygen atoms in total. The molecule has 2 heterocycles. The van der Waals surface area contributed by atoms with Crippen LogP contribution in [0.15, 0.2) is 27.8 Å². The molecule has 0 saturated carbocycles. The Bertz CT molecular complexity index is 679. The first kappa shape index (κ1) is 16.9. The second kappa shape index (κ2) is 7.71. The molecule has 0 spiro atoms. The van der Waals surface area contributed by atoms with Crippen molar-refractivity contribution in [2.45, 2.75) is 30.6 Å². The van der Waals surface area contributed by atoms with Crippen molar-refractivity contribution < 1.29 is 8.42 Å². The van der Waals surface area contributed by atoms with Crippen LogP contribution in [0.4, 0.5) is 0 Å². The normalized spacial score (nSPS) is 11.9. The number of thiophene rings is 2. The number of rotatable bonds is 8. The van der Waals surface area contributed by atoms with Gasteiger partial charge in [0.15, 0.2) is 0 Å². The van der Waals surface area contributed by atoms with E-state index in [1.807, 2.05) is 11.4 Å². The minimum absolute atomic E-state index is 0.265. The third-order valence-corrected chi connectivity index (χ3v) is 6.84. The zero-order valence-corrected chi connectivity index (χ0v) is 14.8. The Morgan fingerprint density at radius 3 is 2.76 bits per heavy atom. The summed E-state index contributed by atoms with van der Waals surface area (Å²) in [6.45, 7) is 3.98. The Kier molecular flexibility index (Phi) is 6.21. The minimum Gasteiger partial charge on any atom is -0.313 e. The third-order valence-electron chi connectivity index (χ3n) is 2.72. The molecule has 8 heteroatoms. The zero-order chi connectivity index (χ0) is 15.3. The molecule has 2 N–H and O–H groups in total. The van der Waals surface area contributed by atoms with E-state index >= 15 is 0 Å². The molecule has 2 aromatic rings. The van der Waals surface area contributed by atoms with Crippen molar-refractivity contribution in [3.63, 3.8) is 0 Å². The van der Waals surface area contributed by atoms with Crippen LogP contribution in [0, 0.1) is 0 Å². The summed E-state index contributed by atoms with van der Waals surface area (Å²) in [6.07, 6.45) is 1.06. The first-order chi connectivity index (χ1) is 10.0. The highest BCUT2D eigenvalue weighted by molar-refractivity contribution is 7.91. The Morgan fingerprint density at radius 1 is 1.29 bits per heavy atom. The maximum atomic E-state index is 12.2. The van der Waals surface area contributed by atoms with Gasteiger partial charge < -0.3 is 5.32 Å². The Hall–Kier alpha value is -0.440. The molecule has 0 aliphatic rings. The van der Waals surface area contributed by atoms with Gasteiger partial charge in [-0.05, 0) is 42.1 Å². The van der Waals surface area contributed by atoms with Crippen molar-refractivity contribution in [3.8, 4) is 0 Å². The summed E-state index contributed by atoms with van der Waals surface area (Å²) in [5.41, 5.74) is 0.994. The molecular weight excluding hydrogens is 348 g/mol. The molecule has 0 bridgehead atoms. The van der Waals surface area contributed by atoms with Crippen LogP contribution in [0.1, 0.15) is 23.8 Å². The van der Waals surface area contributed by atoms with Crippen LogP contribution in [0.25, 0.3) is 0 Å². The van der Waals surface area contributed by atoms with Gasteiger partial charge in [-0.25, -0.2) is 13.1 Å². The van der Waals surface area contributed by atoms with E-state index in [1.54, 1.807) is 12.1 Å². The van der Waals surface area contributed by atoms with Crippen molar-refractivity contribution in [1.29, 1.82) is 0 Å². The molecule has 0 fully saturated rings. The van der Waals surface area contributed by atoms with Crippen LogP contribution in [0.3, 0.4) is 0 Å². The number of sulfonamides is 1. The maximum Gasteiger partial charge on any atom is 0.250 e. The second-order valence-corrected chi connectivity index (χ2v) is 9.19. The monoisotopic (exact) mass is 364 g/mol. The molecular formula is C13H17ClN2O2S3. The third kappa shape index (κ3) is 5.05. The molecule has 2 rings (SSSR count). The van der Waals surface area contributed by atoms with Gasteiger partial charge in [0.25, 0.3) is 0 Å². The molecule has 2 aromatic heterocycles. The van der Waals surface area contributed by atoms with E-state index in [9.17, 15) is 8.42 Å². The number of halogens is 1. The van der Waals surface area contributed by atoms with E-state index in [4.69, 9.17) is 11.6 Å². The Labute approximate surface area is 138 Å². The Balaban J connectivity index is 1.95. The molecule has 0 unspecified atom stereocenters. The number of hydrogen-bond donors (Lipinski definition) is 2. The fraction of sp³-hybridized carbons (Fsp3) is 0.385. The van der Waals surface area contributed by atoms with E-state index in [1.165, 1.54) is 22.7 Å². The lowest BCUT2D eigenvalue weighted by atomic mass is 10.3. The first-order valence-electron chi connectivity index (χ1n) is 6.53. The van der Waals surface area contributed by atoms with Gasteiger partial charge in [0.1, 0.15) is 4.21 Å². The van der Waals surface area contributed by atoms with Crippen molar-refractivity contribution in [2.24, 2.45) is 0 Å². The van der Waals surface area contributed by atoms with E-state index < -0.39 is 10.0 Å². The van der Waals surface area contributed by atoms with Crippen molar-refractivity contribution in [3.05, 3.63) is 38.4 Å². The topological polar surface area (TPSA) is 58.2 Å². The average Bonchev–Trinajstić information content (AvgIpc) is 3.06. The summed E-state index contributed by atoms with van der Waals surface area (Å²) >= 11 is 8.44. The van der Waals surface area contributed by atoms with Gasteiger partial charge in [0.05, 0.1) is 4.34 Å². The molecule has 0 radical (unpaired) electrons. The predicted molar refractivity (Wildman–Crippen MR) is 89.7 cm³/mol. The van der Waals surface area contributed by atoms with E-state index in [-0.39, 0.29) is 6.54 Å². The highest BCUT2D eigenvalue weighted by Crippen LogP contribution is 2.23. The predicted octanol–water partition coefficient (Wildman–Crippen LogP) is 3.44. The second-order valence-electron chi connectivity index (χ2n) is 4.48. The fourth-order valence-electron chi connectivity index (χ4n) is 1.68. The van der Waals surface area contributed by atoms with Crippen LogP contribution >= 0.6 is 34.3 Å². The zero-order valence-electron chi connectivity index (χ0n) is 11.6. The van der Waals surface area contributed by atoms with Crippen molar-refractivity contribution in [2.75, 3.05) is 6.54 Å². The molecule has 21 heavy (non-hydrogen) atoms.